The molecule has 0 aromatic rings. The van der Waals surface area contributed by atoms with Crippen LogP contribution in [-0.4, -0.2) is 35.7 Å². The second-order valence-corrected chi connectivity index (χ2v) is 5.08. The molecule has 0 heterocycles. The van der Waals surface area contributed by atoms with Gasteiger partial charge in [-0.1, -0.05) is 12.8 Å². The van der Waals surface area contributed by atoms with Gasteiger partial charge in [-0.2, -0.15) is 5.26 Å². The summed E-state index contributed by atoms with van der Waals surface area (Å²) in [5, 5.41) is 21.5. The van der Waals surface area contributed by atoms with Crippen LogP contribution in [0, 0.1) is 16.7 Å². The zero-order valence-electron chi connectivity index (χ0n) is 11.4. The van der Waals surface area contributed by atoms with Crippen molar-refractivity contribution in [2.45, 2.75) is 45.1 Å². The molecule has 1 rings (SSSR count). The predicted molar refractivity (Wildman–Crippen MR) is 66.8 cm³/mol. The van der Waals surface area contributed by atoms with Crippen LogP contribution < -0.4 is 5.32 Å². The van der Waals surface area contributed by atoms with E-state index in [2.05, 4.69) is 11.4 Å². The quantitative estimate of drug-likeness (QED) is 0.707. The largest absolute Gasteiger partial charge is 0.464 e. The fourth-order valence-corrected chi connectivity index (χ4v) is 2.15. The molecule has 19 heavy (non-hydrogen) atoms. The summed E-state index contributed by atoms with van der Waals surface area (Å²) in [5.41, 5.74) is -2.79. The number of nitrogens with zero attached hydrogens (tertiary/aromatic N) is 1. The second-order valence-electron chi connectivity index (χ2n) is 5.08. The Morgan fingerprint density at radius 2 is 2.05 bits per heavy atom. The number of carbonyl (C=O) groups is 2. The Bertz CT molecular complexity index is 392. The monoisotopic (exact) mass is 268 g/mol. The topological polar surface area (TPSA) is 99.4 Å². The van der Waals surface area contributed by atoms with E-state index in [9.17, 15) is 14.7 Å². The highest BCUT2D eigenvalue weighted by molar-refractivity contribution is 5.87. The number of ether oxygens (including phenoxy) is 1. The number of aliphatic hydroxyl groups is 1. The van der Waals surface area contributed by atoms with Gasteiger partial charge in [0.2, 0.25) is 5.91 Å². The van der Waals surface area contributed by atoms with Crippen molar-refractivity contribution in [2.75, 3.05) is 13.2 Å². The minimum absolute atomic E-state index is 0.158. The summed E-state index contributed by atoms with van der Waals surface area (Å²) in [5.74, 6) is -1.20. The predicted octanol–water partition coefficient (Wildman–Crippen LogP) is 0.501. The lowest BCUT2D eigenvalue weighted by Gasteiger charge is -2.24. The molecule has 1 fully saturated rings. The van der Waals surface area contributed by atoms with Crippen molar-refractivity contribution in [3.8, 4) is 6.07 Å². The van der Waals surface area contributed by atoms with Crippen molar-refractivity contribution in [3.05, 3.63) is 0 Å². The molecule has 6 heteroatoms. The summed E-state index contributed by atoms with van der Waals surface area (Å²) in [7, 11) is 0. The summed E-state index contributed by atoms with van der Waals surface area (Å²) in [6, 6.07) is 2.06. The summed E-state index contributed by atoms with van der Waals surface area (Å²) >= 11 is 0. The third kappa shape index (κ3) is 3.44. The van der Waals surface area contributed by atoms with Gasteiger partial charge in [0.25, 0.3) is 0 Å². The Balaban J connectivity index is 2.59. The first-order valence-electron chi connectivity index (χ1n) is 6.47. The number of amides is 1. The molecular weight excluding hydrogens is 248 g/mol. The van der Waals surface area contributed by atoms with Gasteiger partial charge in [0.1, 0.15) is 5.41 Å². The SMILES string of the molecule is CCOC(=O)C(C)(O)CNC(=O)C1(C#N)CCCC1. The maximum absolute atomic E-state index is 12.0. The molecule has 1 saturated carbocycles. The third-order valence-electron chi connectivity index (χ3n) is 3.41. The number of esters is 1. The highest BCUT2D eigenvalue weighted by Crippen LogP contribution is 2.37. The van der Waals surface area contributed by atoms with Crippen LogP contribution in [0.15, 0.2) is 0 Å². The van der Waals surface area contributed by atoms with E-state index in [1.54, 1.807) is 6.92 Å². The summed E-state index contributed by atoms with van der Waals surface area (Å²) in [4.78, 5) is 23.5. The minimum Gasteiger partial charge on any atom is -0.464 e. The smallest absolute Gasteiger partial charge is 0.339 e. The van der Waals surface area contributed by atoms with Crippen molar-refractivity contribution >= 4 is 11.9 Å². The van der Waals surface area contributed by atoms with Crippen LogP contribution in [0.3, 0.4) is 0 Å². The van der Waals surface area contributed by atoms with Crippen molar-refractivity contribution in [3.63, 3.8) is 0 Å². The summed E-state index contributed by atoms with van der Waals surface area (Å²) < 4.78 is 4.71. The lowest BCUT2D eigenvalue weighted by molar-refractivity contribution is -0.163. The molecule has 0 radical (unpaired) electrons. The fourth-order valence-electron chi connectivity index (χ4n) is 2.15. The number of nitrogens with one attached hydrogen (secondary N) is 1. The Labute approximate surface area is 112 Å². The number of nitriles is 1. The molecule has 106 valence electrons. The molecule has 1 amide bonds. The Morgan fingerprint density at radius 3 is 2.53 bits per heavy atom. The van der Waals surface area contributed by atoms with Crippen LogP contribution in [0.4, 0.5) is 0 Å². The number of hydrogen-bond acceptors (Lipinski definition) is 5. The molecule has 1 aliphatic carbocycles. The number of rotatable bonds is 5. The van der Waals surface area contributed by atoms with Gasteiger partial charge in [-0.25, -0.2) is 4.79 Å². The Hall–Kier alpha value is -1.61. The molecular formula is C13H20N2O4. The average Bonchev–Trinajstić information content (AvgIpc) is 2.86. The maximum Gasteiger partial charge on any atom is 0.339 e. The highest BCUT2D eigenvalue weighted by atomic mass is 16.5. The molecule has 1 atom stereocenters. The molecule has 1 unspecified atom stereocenters. The molecule has 2 N–H and O–H groups in total. The van der Waals surface area contributed by atoms with Crippen molar-refractivity contribution in [1.82, 2.24) is 5.32 Å². The van der Waals surface area contributed by atoms with Crippen LogP contribution in [0.1, 0.15) is 39.5 Å². The molecule has 0 aromatic carbocycles. The fraction of sp³-hybridized carbons (Fsp3) is 0.769. The van der Waals surface area contributed by atoms with Crippen molar-refractivity contribution < 1.29 is 19.4 Å². The molecule has 0 aliphatic heterocycles. The lowest BCUT2D eigenvalue weighted by atomic mass is 9.87. The standard InChI is InChI=1S/C13H20N2O4/c1-3-19-11(17)12(2,18)9-15-10(16)13(8-14)6-4-5-7-13/h18H,3-7,9H2,1-2H3,(H,15,16). The highest BCUT2D eigenvalue weighted by Gasteiger charge is 2.42. The lowest BCUT2D eigenvalue weighted by Crippen LogP contribution is -2.50. The molecule has 1 aliphatic rings. The van der Waals surface area contributed by atoms with Crippen LogP contribution in [-0.2, 0) is 14.3 Å². The van der Waals surface area contributed by atoms with E-state index >= 15 is 0 Å². The molecule has 0 bridgehead atoms. The van der Waals surface area contributed by atoms with Gasteiger partial charge >= 0.3 is 5.97 Å². The van der Waals surface area contributed by atoms with Crippen LogP contribution >= 0.6 is 0 Å². The van der Waals surface area contributed by atoms with E-state index in [4.69, 9.17) is 10.00 Å². The van der Waals surface area contributed by atoms with Crippen molar-refractivity contribution in [1.29, 1.82) is 5.26 Å². The van der Waals surface area contributed by atoms with E-state index in [-0.39, 0.29) is 13.2 Å². The van der Waals surface area contributed by atoms with Crippen LogP contribution in [0.2, 0.25) is 0 Å². The first-order chi connectivity index (χ1) is 8.88. The van der Waals surface area contributed by atoms with E-state index in [1.807, 2.05) is 0 Å². The van der Waals surface area contributed by atoms with E-state index in [0.717, 1.165) is 12.8 Å². The normalized spacial score (nSPS) is 20.1. The van der Waals surface area contributed by atoms with E-state index in [0.29, 0.717) is 12.8 Å². The second kappa shape index (κ2) is 6.02. The zero-order valence-corrected chi connectivity index (χ0v) is 11.4. The van der Waals surface area contributed by atoms with Gasteiger partial charge in [-0.3, -0.25) is 4.79 Å². The van der Waals surface area contributed by atoms with Gasteiger partial charge in [-0.05, 0) is 26.7 Å². The first kappa shape index (κ1) is 15.4. The van der Waals surface area contributed by atoms with Crippen molar-refractivity contribution in [2.24, 2.45) is 5.41 Å². The minimum atomic E-state index is -1.78. The average molecular weight is 268 g/mol. The van der Waals surface area contributed by atoms with E-state index < -0.39 is 22.9 Å². The zero-order chi connectivity index (χ0) is 14.5. The molecule has 0 spiro atoms. The van der Waals surface area contributed by atoms with Gasteiger partial charge in [0.05, 0.1) is 19.2 Å². The summed E-state index contributed by atoms with van der Waals surface area (Å²) in [6.07, 6.45) is 2.73. The van der Waals surface area contributed by atoms with Gasteiger partial charge in [0.15, 0.2) is 5.60 Å². The van der Waals surface area contributed by atoms with Crippen LogP contribution in [0.25, 0.3) is 0 Å². The van der Waals surface area contributed by atoms with Crippen LogP contribution in [0.5, 0.6) is 0 Å². The Kier molecular flexibility index (Phi) is 4.90. The van der Waals surface area contributed by atoms with Gasteiger partial charge < -0.3 is 15.2 Å². The van der Waals surface area contributed by atoms with Gasteiger partial charge in [-0.15, -0.1) is 0 Å². The first-order valence-corrected chi connectivity index (χ1v) is 6.47. The van der Waals surface area contributed by atoms with Gasteiger partial charge in [0, 0.05) is 0 Å². The molecule has 0 saturated heterocycles. The Morgan fingerprint density at radius 1 is 1.47 bits per heavy atom. The summed E-state index contributed by atoms with van der Waals surface area (Å²) in [6.45, 7) is 2.81. The molecule has 6 nitrogen and oxygen atoms in total. The number of hydrogen-bond donors (Lipinski definition) is 2. The number of carbonyl (C=O) groups excluding carboxylic acids is 2. The van der Waals surface area contributed by atoms with E-state index in [1.165, 1.54) is 6.92 Å². The molecule has 0 aromatic heterocycles. The maximum atomic E-state index is 12.0. The third-order valence-corrected chi connectivity index (χ3v) is 3.41.